The first kappa shape index (κ1) is 7.74. The zero-order chi connectivity index (χ0) is 7.12. The maximum atomic E-state index is 10.8. The lowest BCUT2D eigenvalue weighted by Gasteiger charge is -2.09. The number of halogens is 1. The van der Waals surface area contributed by atoms with E-state index in [1.807, 2.05) is 22.6 Å². The zero-order valence-corrected chi connectivity index (χ0v) is 7.78. The van der Waals surface area contributed by atoms with Gasteiger partial charge >= 0.3 is 0 Å². The number of hydrogen-bond donors (Lipinski definition) is 1. The Bertz CT molecular complexity index is 209. The van der Waals surface area contributed by atoms with Crippen molar-refractivity contribution in [3.8, 4) is 0 Å². The first-order valence-electron chi connectivity index (χ1n) is 2.60. The van der Waals surface area contributed by atoms with E-state index in [4.69, 9.17) is 5.73 Å². The Hall–Kier alpha value is 0.640. The monoisotopic (exact) mass is 261 g/mol. The highest BCUT2D eigenvalue weighted by molar-refractivity contribution is 14.1. The molecule has 1 unspecified atom stereocenters. The van der Waals surface area contributed by atoms with Crippen molar-refractivity contribution in [2.24, 2.45) is 5.73 Å². The number of hydrogen-bond acceptors (Lipinski definition) is 3. The number of nitrogens with two attached hydrogens (primary N) is 1. The van der Waals surface area contributed by atoms with Crippen molar-refractivity contribution in [3.05, 3.63) is 0 Å². The van der Waals surface area contributed by atoms with Crippen molar-refractivity contribution in [1.82, 2.24) is 0 Å². The largest absolute Gasteiger partial charge is 0.316 e. The molecule has 1 fully saturated rings. The van der Waals surface area contributed by atoms with Gasteiger partial charge in [0.2, 0.25) is 0 Å². The molecule has 0 saturated carbocycles. The summed E-state index contributed by atoms with van der Waals surface area (Å²) in [5, 5.41) is 0. The second-order valence-electron chi connectivity index (χ2n) is 2.38. The summed E-state index contributed by atoms with van der Waals surface area (Å²) in [6.07, 6.45) is 0.593. The van der Waals surface area contributed by atoms with Crippen LogP contribution in [0.2, 0.25) is 0 Å². The van der Waals surface area contributed by atoms with Crippen LogP contribution in [-0.2, 0) is 9.84 Å². The molecule has 0 spiro atoms. The highest BCUT2D eigenvalue weighted by Crippen LogP contribution is 2.26. The molecule has 0 bridgehead atoms. The second kappa shape index (κ2) is 2.06. The molecule has 0 radical (unpaired) electrons. The summed E-state index contributed by atoms with van der Waals surface area (Å²) in [5.41, 5.74) is 5.56. The van der Waals surface area contributed by atoms with E-state index in [2.05, 4.69) is 0 Å². The van der Waals surface area contributed by atoms with Crippen LogP contribution in [-0.4, -0.2) is 23.5 Å². The molecule has 0 aromatic carbocycles. The molecule has 0 aliphatic carbocycles. The van der Waals surface area contributed by atoms with E-state index in [-0.39, 0.29) is 11.5 Å². The van der Waals surface area contributed by atoms with E-state index in [1.54, 1.807) is 0 Å². The molecule has 0 amide bonds. The number of rotatable bonds is 0. The van der Waals surface area contributed by atoms with Gasteiger partial charge in [-0.3, -0.25) is 0 Å². The Morgan fingerprint density at radius 2 is 2.11 bits per heavy atom. The molecular weight excluding hydrogens is 253 g/mol. The summed E-state index contributed by atoms with van der Waals surface area (Å²) in [7, 11) is -2.79. The third kappa shape index (κ3) is 2.05. The van der Waals surface area contributed by atoms with Crippen LogP contribution in [0, 0.1) is 0 Å². The summed E-state index contributed by atoms with van der Waals surface area (Å²) in [4.78, 5) is 0. The van der Waals surface area contributed by atoms with Crippen LogP contribution in [0.1, 0.15) is 6.42 Å². The van der Waals surface area contributed by atoms with E-state index in [0.717, 1.165) is 0 Å². The van der Waals surface area contributed by atoms with Gasteiger partial charge in [0.25, 0.3) is 0 Å². The predicted octanol–water partition coefficient (Wildman–Crippen LogP) is -0.105. The molecular formula is C4H8INO2S. The second-order valence-corrected chi connectivity index (χ2v) is 6.71. The van der Waals surface area contributed by atoms with Crippen molar-refractivity contribution < 1.29 is 8.42 Å². The lowest BCUT2D eigenvalue weighted by atomic mass is 10.3. The van der Waals surface area contributed by atoms with Gasteiger partial charge in [0.05, 0.1) is 15.1 Å². The highest BCUT2D eigenvalue weighted by atomic mass is 127. The highest BCUT2D eigenvalue weighted by Gasteiger charge is 2.36. The van der Waals surface area contributed by atoms with E-state index < -0.39 is 13.4 Å². The summed E-state index contributed by atoms with van der Waals surface area (Å²) < 4.78 is 21.0. The van der Waals surface area contributed by atoms with Crippen LogP contribution < -0.4 is 5.73 Å². The van der Waals surface area contributed by atoms with E-state index in [9.17, 15) is 8.42 Å². The van der Waals surface area contributed by atoms with Gasteiger partial charge in [0, 0.05) is 0 Å². The van der Waals surface area contributed by atoms with Crippen molar-refractivity contribution in [2.75, 3.05) is 11.5 Å². The molecule has 54 valence electrons. The molecule has 0 aromatic rings. The summed E-state index contributed by atoms with van der Waals surface area (Å²) in [6, 6.07) is 0. The smallest absolute Gasteiger partial charge is 0.153 e. The standard InChI is InChI=1S/C4H8INO2S/c5-4(6)1-2-9(7,8)3-4/h1-3,6H2. The quantitative estimate of drug-likeness (QED) is 0.376. The fourth-order valence-corrected chi connectivity index (χ4v) is 4.59. The molecule has 5 heteroatoms. The van der Waals surface area contributed by atoms with Crippen LogP contribution >= 0.6 is 22.6 Å². The maximum absolute atomic E-state index is 10.8. The Labute approximate surface area is 68.1 Å². The molecule has 3 nitrogen and oxygen atoms in total. The van der Waals surface area contributed by atoms with Gasteiger partial charge in [-0.1, -0.05) is 22.6 Å². The first-order chi connectivity index (χ1) is 3.91. The first-order valence-corrected chi connectivity index (χ1v) is 5.50. The molecule has 1 rings (SSSR count). The Morgan fingerprint density at radius 3 is 2.22 bits per heavy atom. The topological polar surface area (TPSA) is 60.2 Å². The van der Waals surface area contributed by atoms with Crippen LogP contribution in [0.5, 0.6) is 0 Å². The van der Waals surface area contributed by atoms with Gasteiger partial charge in [-0.15, -0.1) is 0 Å². The normalized spacial score (nSPS) is 41.1. The number of alkyl halides is 1. The lowest BCUT2D eigenvalue weighted by Crippen LogP contribution is -2.32. The van der Waals surface area contributed by atoms with Gasteiger partial charge in [0.15, 0.2) is 9.84 Å². The van der Waals surface area contributed by atoms with Crippen molar-refractivity contribution in [1.29, 1.82) is 0 Å². The maximum Gasteiger partial charge on any atom is 0.153 e. The summed E-state index contributed by atoms with van der Waals surface area (Å²) in [5.74, 6) is 0.396. The van der Waals surface area contributed by atoms with Gasteiger partial charge in [-0.2, -0.15) is 0 Å². The molecule has 1 aliphatic rings. The average molecular weight is 261 g/mol. The molecule has 1 atom stereocenters. The Morgan fingerprint density at radius 1 is 1.56 bits per heavy atom. The predicted molar refractivity (Wildman–Crippen MR) is 44.2 cm³/mol. The lowest BCUT2D eigenvalue weighted by molar-refractivity contribution is 0.601. The van der Waals surface area contributed by atoms with E-state index in [0.29, 0.717) is 6.42 Å². The van der Waals surface area contributed by atoms with Crippen LogP contribution in [0.4, 0.5) is 0 Å². The Kier molecular flexibility index (Phi) is 1.77. The minimum Gasteiger partial charge on any atom is -0.316 e. The van der Waals surface area contributed by atoms with Crippen molar-refractivity contribution in [3.63, 3.8) is 0 Å². The van der Waals surface area contributed by atoms with Gasteiger partial charge in [0.1, 0.15) is 0 Å². The minimum absolute atomic E-state index is 0.139. The SMILES string of the molecule is NC1(I)CCS(=O)(=O)C1. The fourth-order valence-electron chi connectivity index (χ4n) is 0.835. The molecule has 1 heterocycles. The molecule has 0 aromatic heterocycles. The van der Waals surface area contributed by atoms with Gasteiger partial charge in [-0.05, 0) is 6.42 Å². The third-order valence-electron chi connectivity index (χ3n) is 1.29. The van der Waals surface area contributed by atoms with Crippen LogP contribution in [0.25, 0.3) is 0 Å². The molecule has 1 saturated heterocycles. The fraction of sp³-hybridized carbons (Fsp3) is 1.00. The van der Waals surface area contributed by atoms with E-state index >= 15 is 0 Å². The van der Waals surface area contributed by atoms with Crippen LogP contribution in [0.15, 0.2) is 0 Å². The van der Waals surface area contributed by atoms with Crippen molar-refractivity contribution in [2.45, 2.75) is 9.97 Å². The zero-order valence-electron chi connectivity index (χ0n) is 4.80. The summed E-state index contributed by atoms with van der Waals surface area (Å²) >= 11 is 1.99. The molecule has 9 heavy (non-hydrogen) atoms. The molecule has 1 aliphatic heterocycles. The Balaban J connectivity index is 2.81. The van der Waals surface area contributed by atoms with Gasteiger partial charge < -0.3 is 5.73 Å². The summed E-state index contributed by atoms with van der Waals surface area (Å²) in [6.45, 7) is 0. The van der Waals surface area contributed by atoms with Gasteiger partial charge in [-0.25, -0.2) is 8.42 Å². The average Bonchev–Trinajstić information content (AvgIpc) is 1.78. The van der Waals surface area contributed by atoms with Crippen molar-refractivity contribution >= 4 is 32.4 Å². The van der Waals surface area contributed by atoms with E-state index in [1.165, 1.54) is 0 Å². The third-order valence-corrected chi connectivity index (χ3v) is 4.51. The van der Waals surface area contributed by atoms with Crippen LogP contribution in [0.3, 0.4) is 0 Å². The minimum atomic E-state index is -2.79. The number of sulfone groups is 1. The molecule has 2 N–H and O–H groups in total.